The number of hydrazone groups is 1. The molecule has 0 saturated carbocycles. The second kappa shape index (κ2) is 9.15. The van der Waals surface area contributed by atoms with Gasteiger partial charge in [-0.05, 0) is 48.9 Å². The lowest BCUT2D eigenvalue weighted by molar-refractivity contribution is -0.123. The molecule has 8 heteroatoms. The van der Waals surface area contributed by atoms with Gasteiger partial charge in [-0.15, -0.1) is 0 Å². The topological polar surface area (TPSA) is 80.2 Å². The molecule has 6 nitrogen and oxygen atoms in total. The van der Waals surface area contributed by atoms with Crippen LogP contribution in [0.3, 0.4) is 0 Å². The summed E-state index contributed by atoms with van der Waals surface area (Å²) >= 11 is 11.7. The van der Waals surface area contributed by atoms with Crippen LogP contribution in [0.15, 0.2) is 41.5 Å². The number of amides is 1. The van der Waals surface area contributed by atoms with E-state index in [9.17, 15) is 9.90 Å². The average molecular weight is 383 g/mol. The van der Waals surface area contributed by atoms with E-state index in [1.165, 1.54) is 18.3 Å². The molecule has 0 spiro atoms. The maximum Gasteiger partial charge on any atom is 0.277 e. The van der Waals surface area contributed by atoms with Gasteiger partial charge in [-0.25, -0.2) is 5.43 Å². The Morgan fingerprint density at radius 2 is 2.00 bits per heavy atom. The average Bonchev–Trinajstić information content (AvgIpc) is 2.57. The third-order valence-electron chi connectivity index (χ3n) is 2.94. The maximum atomic E-state index is 11.7. The summed E-state index contributed by atoms with van der Waals surface area (Å²) in [5.41, 5.74) is 2.99. The summed E-state index contributed by atoms with van der Waals surface area (Å²) in [4.78, 5) is 11.7. The molecule has 2 aromatic carbocycles. The monoisotopic (exact) mass is 382 g/mol. The number of ether oxygens (including phenoxy) is 2. The van der Waals surface area contributed by atoms with Crippen molar-refractivity contribution in [2.45, 2.75) is 6.92 Å². The van der Waals surface area contributed by atoms with Crippen molar-refractivity contribution in [3.05, 3.63) is 52.0 Å². The zero-order valence-corrected chi connectivity index (χ0v) is 14.8. The summed E-state index contributed by atoms with van der Waals surface area (Å²) in [5, 5.41) is 14.2. The molecule has 2 aromatic rings. The lowest BCUT2D eigenvalue weighted by Crippen LogP contribution is -2.24. The first-order valence-electron chi connectivity index (χ1n) is 7.35. The highest BCUT2D eigenvalue weighted by atomic mass is 35.5. The fourth-order valence-corrected chi connectivity index (χ4v) is 2.29. The third kappa shape index (κ3) is 5.85. The molecule has 0 radical (unpaired) electrons. The normalized spacial score (nSPS) is 10.7. The lowest BCUT2D eigenvalue weighted by Gasteiger charge is -2.07. The molecule has 2 rings (SSSR count). The van der Waals surface area contributed by atoms with Gasteiger partial charge < -0.3 is 14.6 Å². The van der Waals surface area contributed by atoms with Crippen LogP contribution in [0, 0.1) is 0 Å². The molecule has 0 heterocycles. The molecule has 0 saturated heterocycles. The molecule has 2 N–H and O–H groups in total. The molecule has 1 amide bonds. The summed E-state index contributed by atoms with van der Waals surface area (Å²) in [6, 6.07) is 9.44. The van der Waals surface area contributed by atoms with Crippen LogP contribution in [-0.2, 0) is 4.79 Å². The van der Waals surface area contributed by atoms with Gasteiger partial charge in [0, 0.05) is 5.02 Å². The minimum atomic E-state index is -0.453. The van der Waals surface area contributed by atoms with E-state index in [0.29, 0.717) is 33.7 Å². The zero-order valence-electron chi connectivity index (χ0n) is 13.3. The number of halogens is 2. The number of carbonyl (C=O) groups is 1. The highest BCUT2D eigenvalue weighted by molar-refractivity contribution is 6.35. The minimum absolute atomic E-state index is 0.0382. The summed E-state index contributed by atoms with van der Waals surface area (Å²) in [7, 11) is 0. The lowest BCUT2D eigenvalue weighted by atomic mass is 10.2. The fourth-order valence-electron chi connectivity index (χ4n) is 1.83. The summed E-state index contributed by atoms with van der Waals surface area (Å²) in [6.45, 7) is 1.99. The molecule has 0 aliphatic heterocycles. The van der Waals surface area contributed by atoms with Crippen LogP contribution in [0.1, 0.15) is 12.5 Å². The molecule has 0 aliphatic carbocycles. The highest BCUT2D eigenvalue weighted by Gasteiger charge is 2.06. The van der Waals surface area contributed by atoms with Gasteiger partial charge in [-0.3, -0.25) is 4.79 Å². The number of nitrogens with zero attached hydrogens (tertiary/aromatic N) is 1. The van der Waals surface area contributed by atoms with Gasteiger partial charge in [-0.2, -0.15) is 5.10 Å². The van der Waals surface area contributed by atoms with E-state index in [1.807, 2.05) is 6.92 Å². The molecule has 0 atom stereocenters. The summed E-state index contributed by atoms with van der Waals surface area (Å²) in [6.07, 6.45) is 1.43. The number of phenols is 1. The molecular formula is C17H16Cl2N2O4. The number of phenolic OH excluding ortho intramolecular Hbond substituents is 1. The smallest absolute Gasteiger partial charge is 0.277 e. The standard InChI is InChI=1S/C17H16Cl2N2O4/c1-2-24-16-7-11(3-5-14(16)22)9-20-21-17(23)10-25-15-6-4-12(18)8-13(15)19/h3-9,22H,2,10H2,1H3,(H,21,23)/b20-9-. The van der Waals surface area contributed by atoms with Gasteiger partial charge in [0.25, 0.3) is 5.91 Å². The van der Waals surface area contributed by atoms with E-state index in [0.717, 1.165) is 0 Å². The molecule has 0 fully saturated rings. The van der Waals surface area contributed by atoms with E-state index < -0.39 is 5.91 Å². The van der Waals surface area contributed by atoms with Crippen LogP contribution < -0.4 is 14.9 Å². The first kappa shape index (κ1) is 18.9. The Bertz CT molecular complexity index is 781. The van der Waals surface area contributed by atoms with Crippen LogP contribution in [0.25, 0.3) is 0 Å². The predicted octanol–water partition coefficient (Wildman–Crippen LogP) is 3.63. The van der Waals surface area contributed by atoms with Gasteiger partial charge in [0.05, 0.1) is 17.8 Å². The number of hydrogen-bond acceptors (Lipinski definition) is 5. The van der Waals surface area contributed by atoms with Gasteiger partial charge in [0.1, 0.15) is 5.75 Å². The second-order valence-corrected chi connectivity index (χ2v) is 5.66. The summed E-state index contributed by atoms with van der Waals surface area (Å²) < 4.78 is 10.6. The number of nitrogens with one attached hydrogen (secondary N) is 1. The molecule has 0 bridgehead atoms. The fraction of sp³-hybridized carbons (Fsp3) is 0.176. The molecule has 0 unspecified atom stereocenters. The van der Waals surface area contributed by atoms with Crippen LogP contribution in [0.5, 0.6) is 17.2 Å². The van der Waals surface area contributed by atoms with Crippen molar-refractivity contribution < 1.29 is 19.4 Å². The largest absolute Gasteiger partial charge is 0.504 e. The van der Waals surface area contributed by atoms with E-state index in [2.05, 4.69) is 10.5 Å². The van der Waals surface area contributed by atoms with Crippen LogP contribution in [0.4, 0.5) is 0 Å². The van der Waals surface area contributed by atoms with E-state index >= 15 is 0 Å². The van der Waals surface area contributed by atoms with Gasteiger partial charge in [0.15, 0.2) is 18.1 Å². The molecular weight excluding hydrogens is 367 g/mol. The van der Waals surface area contributed by atoms with Crippen molar-refractivity contribution in [3.8, 4) is 17.2 Å². The number of benzene rings is 2. The zero-order chi connectivity index (χ0) is 18.2. The Morgan fingerprint density at radius 3 is 2.72 bits per heavy atom. The van der Waals surface area contributed by atoms with Crippen molar-refractivity contribution in [1.82, 2.24) is 5.43 Å². The Labute approximate surface area is 155 Å². The van der Waals surface area contributed by atoms with E-state index in [1.54, 1.807) is 24.3 Å². The second-order valence-electron chi connectivity index (χ2n) is 4.82. The Morgan fingerprint density at radius 1 is 1.20 bits per heavy atom. The minimum Gasteiger partial charge on any atom is -0.504 e. The van der Waals surface area contributed by atoms with Gasteiger partial charge >= 0.3 is 0 Å². The first-order valence-corrected chi connectivity index (χ1v) is 8.10. The van der Waals surface area contributed by atoms with Crippen molar-refractivity contribution in [2.75, 3.05) is 13.2 Å². The number of carbonyl (C=O) groups excluding carboxylic acids is 1. The van der Waals surface area contributed by atoms with Crippen LogP contribution >= 0.6 is 23.2 Å². The van der Waals surface area contributed by atoms with Crippen molar-refractivity contribution in [2.24, 2.45) is 5.10 Å². The van der Waals surface area contributed by atoms with E-state index in [4.69, 9.17) is 32.7 Å². The molecule has 132 valence electrons. The predicted molar refractivity (Wildman–Crippen MR) is 97.0 cm³/mol. The van der Waals surface area contributed by atoms with Crippen LogP contribution in [0.2, 0.25) is 10.0 Å². The highest BCUT2D eigenvalue weighted by Crippen LogP contribution is 2.27. The van der Waals surface area contributed by atoms with Gasteiger partial charge in [0.2, 0.25) is 0 Å². The molecule has 25 heavy (non-hydrogen) atoms. The molecule has 0 aliphatic rings. The van der Waals surface area contributed by atoms with Crippen molar-refractivity contribution in [1.29, 1.82) is 0 Å². The Kier molecular flexibility index (Phi) is 6.91. The quantitative estimate of drug-likeness (QED) is 0.565. The third-order valence-corrected chi connectivity index (χ3v) is 3.47. The van der Waals surface area contributed by atoms with E-state index in [-0.39, 0.29) is 12.4 Å². The number of hydrogen-bond donors (Lipinski definition) is 2. The first-order chi connectivity index (χ1) is 12.0. The molecule has 0 aromatic heterocycles. The Balaban J connectivity index is 1.87. The van der Waals surface area contributed by atoms with Crippen molar-refractivity contribution >= 4 is 35.3 Å². The van der Waals surface area contributed by atoms with Crippen molar-refractivity contribution in [3.63, 3.8) is 0 Å². The summed E-state index contributed by atoms with van der Waals surface area (Å²) in [5.74, 6) is 0.283. The van der Waals surface area contributed by atoms with Crippen LogP contribution in [-0.4, -0.2) is 30.4 Å². The Hall–Kier alpha value is -2.44. The maximum absolute atomic E-state index is 11.7. The number of rotatable bonds is 7. The SMILES string of the molecule is CCOc1cc(/C=N\NC(=O)COc2ccc(Cl)cc2Cl)ccc1O. The number of aromatic hydroxyl groups is 1. The van der Waals surface area contributed by atoms with Gasteiger partial charge in [-0.1, -0.05) is 23.2 Å².